The Hall–Kier alpha value is -1.00. The van der Waals surface area contributed by atoms with Crippen molar-refractivity contribution in [3.8, 4) is 11.8 Å². The second kappa shape index (κ2) is 12.5. The molecule has 18 heavy (non-hydrogen) atoms. The van der Waals surface area contributed by atoms with Gasteiger partial charge in [-0.3, -0.25) is 0 Å². The van der Waals surface area contributed by atoms with Crippen LogP contribution in [-0.4, -0.2) is 12.2 Å². The van der Waals surface area contributed by atoms with Gasteiger partial charge >= 0.3 is 0 Å². The van der Waals surface area contributed by atoms with Gasteiger partial charge in [0.25, 0.3) is 0 Å². The minimum absolute atomic E-state index is 0.0523. The molecule has 102 valence electrons. The molecule has 0 fully saturated rings. The van der Waals surface area contributed by atoms with Gasteiger partial charge in [0, 0.05) is 6.42 Å². The van der Waals surface area contributed by atoms with Crippen LogP contribution in [-0.2, 0) is 4.74 Å². The number of unbranched alkanes of at least 4 members (excludes halogenated alkanes) is 2. The predicted molar refractivity (Wildman–Crippen MR) is 80.5 cm³/mol. The van der Waals surface area contributed by atoms with Gasteiger partial charge in [-0.15, -0.1) is 13.2 Å². The predicted octanol–water partition coefficient (Wildman–Crippen LogP) is 4.89. The van der Waals surface area contributed by atoms with E-state index in [1.54, 1.807) is 0 Å². The number of ether oxygens (including phenoxy) is 1. The van der Waals surface area contributed by atoms with E-state index in [9.17, 15) is 0 Å². The molecule has 0 saturated carbocycles. The van der Waals surface area contributed by atoms with E-state index in [2.05, 4.69) is 38.8 Å². The summed E-state index contributed by atoms with van der Waals surface area (Å²) in [5.74, 6) is 6.25. The second-order valence-corrected chi connectivity index (χ2v) is 4.49. The van der Waals surface area contributed by atoms with E-state index < -0.39 is 0 Å². The van der Waals surface area contributed by atoms with Crippen molar-refractivity contribution in [2.45, 2.75) is 71.0 Å². The third-order valence-corrected chi connectivity index (χ3v) is 2.80. The van der Waals surface area contributed by atoms with Gasteiger partial charge in [0.2, 0.25) is 0 Å². The second-order valence-electron chi connectivity index (χ2n) is 4.49. The molecule has 0 aliphatic heterocycles. The van der Waals surface area contributed by atoms with Gasteiger partial charge < -0.3 is 4.74 Å². The summed E-state index contributed by atoms with van der Waals surface area (Å²) in [4.78, 5) is 0. The third kappa shape index (κ3) is 9.07. The van der Waals surface area contributed by atoms with E-state index in [1.165, 1.54) is 19.3 Å². The monoisotopic (exact) mass is 248 g/mol. The number of allylic oxidation sites excluding steroid dienone is 1. The Morgan fingerprint density at radius 2 is 1.94 bits per heavy atom. The summed E-state index contributed by atoms with van der Waals surface area (Å²) in [6.45, 7) is 11.8. The van der Waals surface area contributed by atoms with Crippen molar-refractivity contribution in [2.24, 2.45) is 0 Å². The highest BCUT2D eigenvalue weighted by molar-refractivity contribution is 5.07. The van der Waals surface area contributed by atoms with Crippen molar-refractivity contribution in [2.75, 3.05) is 0 Å². The fourth-order valence-corrected chi connectivity index (χ4v) is 1.76. The van der Waals surface area contributed by atoms with E-state index >= 15 is 0 Å². The molecule has 1 unspecified atom stereocenters. The van der Waals surface area contributed by atoms with Crippen LogP contribution in [0, 0.1) is 11.8 Å². The van der Waals surface area contributed by atoms with Crippen molar-refractivity contribution in [1.29, 1.82) is 0 Å². The summed E-state index contributed by atoms with van der Waals surface area (Å²) in [6.07, 6.45) is 11.5. The van der Waals surface area contributed by atoms with Crippen LogP contribution in [0.4, 0.5) is 0 Å². The Morgan fingerprint density at radius 1 is 1.17 bits per heavy atom. The Balaban J connectivity index is 4.20. The molecule has 2 atom stereocenters. The maximum absolute atomic E-state index is 6.05. The zero-order chi connectivity index (χ0) is 13.6. The summed E-state index contributed by atoms with van der Waals surface area (Å²) in [5.41, 5.74) is 0. The standard InChI is InChI=1S/C17H28O/c1-5-9-11-14-16(8-4)18-17(13-7-3)15-12-10-6-2/h5,7,16-17H,1,3,6,8-10,12-13,15H2,2,4H3/t16?,17-/m1/s1. The van der Waals surface area contributed by atoms with Gasteiger partial charge in [0.15, 0.2) is 0 Å². The Bertz CT molecular complexity index is 269. The molecular weight excluding hydrogens is 220 g/mol. The highest BCUT2D eigenvalue weighted by Crippen LogP contribution is 2.14. The average Bonchev–Trinajstić information content (AvgIpc) is 2.38. The zero-order valence-corrected chi connectivity index (χ0v) is 12.1. The molecule has 0 spiro atoms. The lowest BCUT2D eigenvalue weighted by atomic mass is 10.1. The lowest BCUT2D eigenvalue weighted by molar-refractivity contribution is 0.0124. The summed E-state index contributed by atoms with van der Waals surface area (Å²) >= 11 is 0. The van der Waals surface area contributed by atoms with E-state index in [4.69, 9.17) is 4.74 Å². The molecule has 0 radical (unpaired) electrons. The third-order valence-electron chi connectivity index (χ3n) is 2.80. The first-order chi connectivity index (χ1) is 8.78. The molecule has 0 aromatic carbocycles. The van der Waals surface area contributed by atoms with Crippen LogP contribution in [0.15, 0.2) is 25.3 Å². The van der Waals surface area contributed by atoms with Crippen molar-refractivity contribution in [1.82, 2.24) is 0 Å². The maximum atomic E-state index is 6.05. The number of hydrogen-bond acceptors (Lipinski definition) is 1. The quantitative estimate of drug-likeness (QED) is 0.304. The van der Waals surface area contributed by atoms with Crippen molar-refractivity contribution >= 4 is 0 Å². The molecule has 0 aromatic heterocycles. The van der Waals surface area contributed by atoms with Crippen LogP contribution < -0.4 is 0 Å². The van der Waals surface area contributed by atoms with Crippen molar-refractivity contribution < 1.29 is 4.74 Å². The highest BCUT2D eigenvalue weighted by Gasteiger charge is 2.12. The topological polar surface area (TPSA) is 9.23 Å². The van der Waals surface area contributed by atoms with E-state index in [0.29, 0.717) is 0 Å². The lowest BCUT2D eigenvalue weighted by Gasteiger charge is -2.20. The van der Waals surface area contributed by atoms with Crippen LogP contribution >= 0.6 is 0 Å². The summed E-state index contributed by atoms with van der Waals surface area (Å²) < 4.78 is 6.05. The molecule has 0 aliphatic carbocycles. The number of rotatable bonds is 10. The van der Waals surface area contributed by atoms with Crippen molar-refractivity contribution in [3.63, 3.8) is 0 Å². The molecule has 1 heteroatoms. The molecule has 0 N–H and O–H groups in total. The average molecular weight is 248 g/mol. The molecule has 0 aromatic rings. The maximum Gasteiger partial charge on any atom is 0.118 e. The summed E-state index contributed by atoms with van der Waals surface area (Å²) in [5, 5.41) is 0. The van der Waals surface area contributed by atoms with Gasteiger partial charge in [-0.2, -0.15) is 0 Å². The Morgan fingerprint density at radius 3 is 2.50 bits per heavy atom. The zero-order valence-electron chi connectivity index (χ0n) is 12.1. The SMILES string of the molecule is C=CCC#CC(CC)O[C@H](CC=C)CCCCC. The van der Waals surface area contributed by atoms with Crippen LogP contribution in [0.25, 0.3) is 0 Å². The van der Waals surface area contributed by atoms with Gasteiger partial charge in [-0.25, -0.2) is 0 Å². The first kappa shape index (κ1) is 17.0. The van der Waals surface area contributed by atoms with E-state index in [1.807, 2.05) is 12.2 Å². The fourth-order valence-electron chi connectivity index (χ4n) is 1.76. The van der Waals surface area contributed by atoms with Crippen LogP contribution in [0.5, 0.6) is 0 Å². The number of hydrogen-bond donors (Lipinski definition) is 0. The normalized spacial score (nSPS) is 13.2. The van der Waals surface area contributed by atoms with Gasteiger partial charge in [0.05, 0.1) is 6.10 Å². The van der Waals surface area contributed by atoms with Gasteiger partial charge in [-0.1, -0.05) is 57.1 Å². The Kier molecular flexibility index (Phi) is 11.8. The molecule has 0 heterocycles. The smallest absolute Gasteiger partial charge is 0.118 e. The van der Waals surface area contributed by atoms with Crippen LogP contribution in [0.1, 0.15) is 58.8 Å². The molecule has 1 nitrogen and oxygen atoms in total. The molecule has 0 saturated heterocycles. The molecular formula is C17H28O. The summed E-state index contributed by atoms with van der Waals surface area (Å²) in [6, 6.07) is 0. The first-order valence-electron chi connectivity index (χ1n) is 7.14. The summed E-state index contributed by atoms with van der Waals surface area (Å²) in [7, 11) is 0. The molecule has 0 bridgehead atoms. The lowest BCUT2D eigenvalue weighted by Crippen LogP contribution is -2.20. The fraction of sp³-hybridized carbons (Fsp3) is 0.647. The van der Waals surface area contributed by atoms with E-state index in [-0.39, 0.29) is 12.2 Å². The minimum Gasteiger partial charge on any atom is -0.362 e. The van der Waals surface area contributed by atoms with Crippen LogP contribution in [0.2, 0.25) is 0 Å². The van der Waals surface area contributed by atoms with Gasteiger partial charge in [0.1, 0.15) is 6.10 Å². The first-order valence-corrected chi connectivity index (χ1v) is 7.14. The molecule has 0 aliphatic rings. The van der Waals surface area contributed by atoms with Gasteiger partial charge in [-0.05, 0) is 19.3 Å². The highest BCUT2D eigenvalue weighted by atomic mass is 16.5. The van der Waals surface area contributed by atoms with Crippen molar-refractivity contribution in [3.05, 3.63) is 25.3 Å². The Labute approximate surface area is 113 Å². The molecule has 0 amide bonds. The largest absolute Gasteiger partial charge is 0.362 e. The minimum atomic E-state index is 0.0523. The van der Waals surface area contributed by atoms with E-state index in [0.717, 1.165) is 25.7 Å². The molecule has 0 rings (SSSR count). The van der Waals surface area contributed by atoms with Crippen LogP contribution in [0.3, 0.4) is 0 Å².